The summed E-state index contributed by atoms with van der Waals surface area (Å²) in [7, 11) is 0. The SMILES string of the molecule is C=CCOCC(C)(COCC=C)C(=O)n1ccnc1. The summed E-state index contributed by atoms with van der Waals surface area (Å²) in [6.07, 6.45) is 7.94. The minimum Gasteiger partial charge on any atom is -0.376 e. The van der Waals surface area contributed by atoms with Crippen LogP contribution in [0.1, 0.15) is 11.7 Å². The zero-order chi connectivity index (χ0) is 14.1. The molecule has 0 atom stereocenters. The largest absolute Gasteiger partial charge is 0.376 e. The Bertz CT molecular complexity index is 398. The van der Waals surface area contributed by atoms with E-state index >= 15 is 0 Å². The maximum absolute atomic E-state index is 12.4. The molecule has 0 aromatic carbocycles. The fourth-order valence-electron chi connectivity index (χ4n) is 1.59. The fraction of sp³-hybridized carbons (Fsp3) is 0.429. The average molecular weight is 264 g/mol. The van der Waals surface area contributed by atoms with E-state index in [2.05, 4.69) is 18.1 Å². The van der Waals surface area contributed by atoms with E-state index in [1.54, 1.807) is 24.5 Å². The van der Waals surface area contributed by atoms with Gasteiger partial charge in [-0.05, 0) is 6.92 Å². The molecular formula is C14H20N2O3. The van der Waals surface area contributed by atoms with Gasteiger partial charge in [-0.2, -0.15) is 0 Å². The van der Waals surface area contributed by atoms with E-state index in [1.807, 2.05) is 6.92 Å². The number of rotatable bonds is 9. The summed E-state index contributed by atoms with van der Waals surface area (Å²) < 4.78 is 12.3. The first-order chi connectivity index (χ1) is 9.14. The molecule has 0 spiro atoms. The highest BCUT2D eigenvalue weighted by Gasteiger charge is 2.35. The Labute approximate surface area is 113 Å². The van der Waals surface area contributed by atoms with Crippen LogP contribution in [0, 0.1) is 5.41 Å². The molecule has 0 aliphatic rings. The molecule has 5 heteroatoms. The Hall–Kier alpha value is -1.72. The third-order valence-electron chi connectivity index (χ3n) is 2.57. The lowest BCUT2D eigenvalue weighted by atomic mass is 9.91. The Morgan fingerprint density at radius 1 is 1.32 bits per heavy atom. The van der Waals surface area contributed by atoms with Gasteiger partial charge in [-0.25, -0.2) is 4.98 Å². The van der Waals surface area contributed by atoms with Gasteiger partial charge in [-0.1, -0.05) is 12.2 Å². The topological polar surface area (TPSA) is 53.4 Å². The van der Waals surface area contributed by atoms with Crippen molar-refractivity contribution >= 4 is 5.91 Å². The van der Waals surface area contributed by atoms with E-state index in [9.17, 15) is 4.79 Å². The lowest BCUT2D eigenvalue weighted by Gasteiger charge is -2.27. The van der Waals surface area contributed by atoms with Gasteiger partial charge >= 0.3 is 0 Å². The molecule has 0 saturated carbocycles. The van der Waals surface area contributed by atoms with Crippen molar-refractivity contribution in [3.05, 3.63) is 44.0 Å². The second kappa shape index (κ2) is 7.66. The van der Waals surface area contributed by atoms with Crippen LogP contribution in [0.15, 0.2) is 44.0 Å². The van der Waals surface area contributed by atoms with Gasteiger partial charge in [0.2, 0.25) is 5.91 Å². The van der Waals surface area contributed by atoms with Crippen LogP contribution in [0.5, 0.6) is 0 Å². The Kier molecular flexibility index (Phi) is 6.18. The highest BCUT2D eigenvalue weighted by atomic mass is 16.5. The molecule has 0 aliphatic carbocycles. The molecule has 0 fully saturated rings. The standard InChI is InChI=1S/C14H20N2O3/c1-4-8-18-10-14(3,11-19-9-5-2)13(17)16-7-6-15-12-16/h4-7,12H,1-2,8-11H2,3H3. The van der Waals surface area contributed by atoms with Crippen molar-refractivity contribution in [2.45, 2.75) is 6.92 Å². The van der Waals surface area contributed by atoms with E-state index in [0.29, 0.717) is 13.2 Å². The van der Waals surface area contributed by atoms with E-state index < -0.39 is 5.41 Å². The van der Waals surface area contributed by atoms with Crippen LogP contribution in [-0.2, 0) is 9.47 Å². The highest BCUT2D eigenvalue weighted by molar-refractivity contribution is 5.84. The molecule has 0 saturated heterocycles. The molecule has 0 aliphatic heterocycles. The smallest absolute Gasteiger partial charge is 0.242 e. The third-order valence-corrected chi connectivity index (χ3v) is 2.57. The first kappa shape index (κ1) is 15.3. The van der Waals surface area contributed by atoms with E-state index in [0.717, 1.165) is 0 Å². The first-order valence-electron chi connectivity index (χ1n) is 6.04. The van der Waals surface area contributed by atoms with Crippen LogP contribution in [0.4, 0.5) is 0 Å². The molecular weight excluding hydrogens is 244 g/mol. The van der Waals surface area contributed by atoms with Gasteiger partial charge < -0.3 is 9.47 Å². The summed E-state index contributed by atoms with van der Waals surface area (Å²) in [6, 6.07) is 0. The molecule has 1 rings (SSSR count). The van der Waals surface area contributed by atoms with Crippen LogP contribution >= 0.6 is 0 Å². The maximum atomic E-state index is 12.4. The van der Waals surface area contributed by atoms with Crippen molar-refractivity contribution in [3.63, 3.8) is 0 Å². The molecule has 5 nitrogen and oxygen atoms in total. The zero-order valence-corrected chi connectivity index (χ0v) is 11.2. The lowest BCUT2D eigenvalue weighted by Crippen LogP contribution is -2.40. The van der Waals surface area contributed by atoms with E-state index in [1.165, 1.54) is 10.9 Å². The third kappa shape index (κ3) is 4.46. The molecule has 0 unspecified atom stereocenters. The summed E-state index contributed by atoms with van der Waals surface area (Å²) >= 11 is 0. The van der Waals surface area contributed by atoms with Gasteiger partial charge in [0.1, 0.15) is 6.33 Å². The molecule has 1 aromatic rings. The predicted molar refractivity (Wildman–Crippen MR) is 73.0 cm³/mol. The van der Waals surface area contributed by atoms with Crippen molar-refractivity contribution in [1.29, 1.82) is 0 Å². The van der Waals surface area contributed by atoms with Crippen LogP contribution in [0.3, 0.4) is 0 Å². The molecule has 19 heavy (non-hydrogen) atoms. The second-order valence-corrected chi connectivity index (χ2v) is 4.44. The van der Waals surface area contributed by atoms with Gasteiger partial charge in [0.05, 0.1) is 31.8 Å². The molecule has 0 radical (unpaired) electrons. The molecule has 0 bridgehead atoms. The van der Waals surface area contributed by atoms with E-state index in [-0.39, 0.29) is 19.1 Å². The number of nitrogens with zero attached hydrogens (tertiary/aromatic N) is 2. The van der Waals surface area contributed by atoms with Crippen molar-refractivity contribution in [1.82, 2.24) is 9.55 Å². The summed E-state index contributed by atoms with van der Waals surface area (Å²) in [5.41, 5.74) is -0.771. The zero-order valence-electron chi connectivity index (χ0n) is 11.2. The first-order valence-corrected chi connectivity index (χ1v) is 6.04. The number of carbonyl (C=O) groups excluding carboxylic acids is 1. The van der Waals surface area contributed by atoms with Crippen molar-refractivity contribution in [3.8, 4) is 0 Å². The molecule has 1 aromatic heterocycles. The molecule has 1 heterocycles. The average Bonchev–Trinajstić information content (AvgIpc) is 2.92. The van der Waals surface area contributed by atoms with Crippen molar-refractivity contribution in [2.75, 3.05) is 26.4 Å². The number of ether oxygens (including phenoxy) is 2. The quantitative estimate of drug-likeness (QED) is 0.505. The van der Waals surface area contributed by atoms with Crippen molar-refractivity contribution in [2.24, 2.45) is 5.41 Å². The lowest BCUT2D eigenvalue weighted by molar-refractivity contribution is 0.00238. The van der Waals surface area contributed by atoms with Crippen LogP contribution < -0.4 is 0 Å². The van der Waals surface area contributed by atoms with Crippen LogP contribution in [0.25, 0.3) is 0 Å². The summed E-state index contributed by atoms with van der Waals surface area (Å²) in [6.45, 7) is 10.3. The Morgan fingerprint density at radius 3 is 2.32 bits per heavy atom. The predicted octanol–water partition coefficient (Wildman–Crippen LogP) is 1.93. The van der Waals surface area contributed by atoms with Crippen molar-refractivity contribution < 1.29 is 14.3 Å². The van der Waals surface area contributed by atoms with Gasteiger partial charge in [-0.3, -0.25) is 9.36 Å². The normalized spacial score (nSPS) is 11.2. The Morgan fingerprint density at radius 2 is 1.89 bits per heavy atom. The maximum Gasteiger partial charge on any atom is 0.242 e. The number of carbonyl (C=O) groups is 1. The van der Waals surface area contributed by atoms with Gasteiger partial charge in [0.25, 0.3) is 0 Å². The van der Waals surface area contributed by atoms with Crippen LogP contribution in [-0.4, -0.2) is 41.9 Å². The monoisotopic (exact) mass is 264 g/mol. The number of aromatic nitrogens is 2. The minimum atomic E-state index is -0.771. The van der Waals surface area contributed by atoms with Gasteiger partial charge in [0.15, 0.2) is 0 Å². The number of imidazole rings is 1. The summed E-state index contributed by atoms with van der Waals surface area (Å²) in [5.74, 6) is -0.113. The minimum absolute atomic E-state index is 0.113. The number of hydrogen-bond donors (Lipinski definition) is 0. The fourth-order valence-corrected chi connectivity index (χ4v) is 1.59. The molecule has 0 N–H and O–H groups in total. The Balaban J connectivity index is 2.74. The molecule has 0 amide bonds. The van der Waals surface area contributed by atoms with E-state index in [4.69, 9.17) is 9.47 Å². The molecule has 104 valence electrons. The number of hydrogen-bond acceptors (Lipinski definition) is 4. The summed E-state index contributed by atoms with van der Waals surface area (Å²) in [4.78, 5) is 16.3. The summed E-state index contributed by atoms with van der Waals surface area (Å²) in [5, 5.41) is 0. The highest BCUT2D eigenvalue weighted by Crippen LogP contribution is 2.20. The van der Waals surface area contributed by atoms with Gasteiger partial charge in [0, 0.05) is 12.4 Å². The second-order valence-electron chi connectivity index (χ2n) is 4.44. The van der Waals surface area contributed by atoms with Crippen LogP contribution in [0.2, 0.25) is 0 Å². The van der Waals surface area contributed by atoms with Gasteiger partial charge in [-0.15, -0.1) is 13.2 Å².